The van der Waals surface area contributed by atoms with Gasteiger partial charge in [0.2, 0.25) is 5.91 Å². The number of methoxy groups -OCH3 is 2. The van der Waals surface area contributed by atoms with Crippen molar-refractivity contribution < 1.29 is 19.1 Å². The molecule has 0 saturated carbocycles. The van der Waals surface area contributed by atoms with Gasteiger partial charge < -0.3 is 24.6 Å². The van der Waals surface area contributed by atoms with E-state index in [1.54, 1.807) is 31.1 Å². The Morgan fingerprint density at radius 3 is 2.88 bits per heavy atom. The van der Waals surface area contributed by atoms with Crippen LogP contribution in [0, 0.1) is 0 Å². The summed E-state index contributed by atoms with van der Waals surface area (Å²) in [4.78, 5) is 28.6. The predicted octanol–water partition coefficient (Wildman–Crippen LogP) is 0.971. The third-order valence-electron chi connectivity index (χ3n) is 4.93. The van der Waals surface area contributed by atoms with Gasteiger partial charge in [0.1, 0.15) is 5.75 Å². The van der Waals surface area contributed by atoms with Crippen LogP contribution in [0.3, 0.4) is 0 Å². The molecular weight excluding hydrogens is 310 g/mol. The Balaban J connectivity index is 1.84. The van der Waals surface area contributed by atoms with Crippen molar-refractivity contribution in [1.82, 2.24) is 10.2 Å². The molecule has 130 valence electrons. The maximum Gasteiger partial charge on any atom is 0.317 e. The number of ether oxygens (including phenoxy) is 2. The average molecular weight is 333 g/mol. The van der Waals surface area contributed by atoms with Crippen LogP contribution >= 0.6 is 0 Å². The lowest BCUT2D eigenvalue weighted by molar-refractivity contribution is -0.122. The molecule has 7 heteroatoms. The molecule has 1 aromatic carbocycles. The number of hydrogen-bond donors (Lipinski definition) is 1. The topological polar surface area (TPSA) is 71.1 Å². The summed E-state index contributed by atoms with van der Waals surface area (Å²) in [5.74, 6) is 0.761. The van der Waals surface area contributed by atoms with Crippen molar-refractivity contribution in [1.29, 1.82) is 0 Å². The van der Waals surface area contributed by atoms with Crippen LogP contribution in [0.15, 0.2) is 18.2 Å². The lowest BCUT2D eigenvalue weighted by atomic mass is 9.81. The first-order chi connectivity index (χ1) is 11.5. The van der Waals surface area contributed by atoms with Crippen LogP contribution < -0.4 is 15.0 Å². The van der Waals surface area contributed by atoms with E-state index in [2.05, 4.69) is 5.32 Å². The average Bonchev–Trinajstić information content (AvgIpc) is 3.13. The van der Waals surface area contributed by atoms with E-state index in [0.29, 0.717) is 32.7 Å². The van der Waals surface area contributed by atoms with Crippen molar-refractivity contribution in [3.63, 3.8) is 0 Å². The van der Waals surface area contributed by atoms with E-state index in [0.717, 1.165) is 17.0 Å². The normalized spacial score (nSPS) is 22.2. The van der Waals surface area contributed by atoms with E-state index in [9.17, 15) is 9.59 Å². The van der Waals surface area contributed by atoms with Crippen LogP contribution in [0.2, 0.25) is 0 Å². The van der Waals surface area contributed by atoms with Crippen LogP contribution in [0.5, 0.6) is 5.75 Å². The van der Waals surface area contributed by atoms with Gasteiger partial charge in [0.25, 0.3) is 0 Å². The van der Waals surface area contributed by atoms with Crippen molar-refractivity contribution in [2.45, 2.75) is 11.8 Å². The molecule has 3 amide bonds. The third-order valence-corrected chi connectivity index (χ3v) is 4.93. The van der Waals surface area contributed by atoms with Gasteiger partial charge in [-0.3, -0.25) is 4.79 Å². The van der Waals surface area contributed by atoms with Gasteiger partial charge in [-0.1, -0.05) is 0 Å². The highest BCUT2D eigenvalue weighted by molar-refractivity contribution is 6.08. The van der Waals surface area contributed by atoms with Crippen molar-refractivity contribution in [3.8, 4) is 5.75 Å². The Morgan fingerprint density at radius 2 is 2.17 bits per heavy atom. The first kappa shape index (κ1) is 16.6. The van der Waals surface area contributed by atoms with Crippen molar-refractivity contribution in [2.75, 3.05) is 52.4 Å². The smallest absolute Gasteiger partial charge is 0.317 e. The van der Waals surface area contributed by atoms with Gasteiger partial charge in [0.15, 0.2) is 0 Å². The molecule has 1 fully saturated rings. The fourth-order valence-electron chi connectivity index (χ4n) is 3.61. The molecule has 1 N–H and O–H groups in total. The number of nitrogens with zero attached hydrogens (tertiary/aromatic N) is 2. The minimum Gasteiger partial charge on any atom is -0.497 e. The molecule has 1 aromatic rings. The van der Waals surface area contributed by atoms with E-state index in [1.807, 2.05) is 18.2 Å². The first-order valence-electron chi connectivity index (χ1n) is 8.02. The number of nitrogens with one attached hydrogen (secondary N) is 1. The summed E-state index contributed by atoms with van der Waals surface area (Å²) in [5, 5.41) is 2.82. The summed E-state index contributed by atoms with van der Waals surface area (Å²) in [6.07, 6.45) is 0.619. The van der Waals surface area contributed by atoms with Crippen LogP contribution in [0.4, 0.5) is 10.5 Å². The number of rotatable bonds is 4. The second-order valence-electron chi connectivity index (χ2n) is 6.23. The lowest BCUT2D eigenvalue weighted by Crippen LogP contribution is -2.45. The van der Waals surface area contributed by atoms with Crippen molar-refractivity contribution in [3.05, 3.63) is 23.8 Å². The fourth-order valence-corrected chi connectivity index (χ4v) is 3.61. The van der Waals surface area contributed by atoms with E-state index in [1.165, 1.54) is 0 Å². The summed E-state index contributed by atoms with van der Waals surface area (Å²) in [7, 11) is 4.98. The maximum absolute atomic E-state index is 12.9. The molecule has 0 aliphatic carbocycles. The van der Waals surface area contributed by atoms with Crippen LogP contribution in [-0.2, 0) is 14.9 Å². The monoisotopic (exact) mass is 333 g/mol. The number of hydrogen-bond acceptors (Lipinski definition) is 4. The largest absolute Gasteiger partial charge is 0.497 e. The third kappa shape index (κ3) is 2.49. The quantitative estimate of drug-likeness (QED) is 0.834. The van der Waals surface area contributed by atoms with Gasteiger partial charge in [-0.05, 0) is 30.2 Å². The molecule has 7 nitrogen and oxygen atoms in total. The van der Waals surface area contributed by atoms with Gasteiger partial charge >= 0.3 is 6.03 Å². The number of urea groups is 1. The molecule has 0 bridgehead atoms. The molecule has 2 heterocycles. The zero-order valence-corrected chi connectivity index (χ0v) is 14.3. The summed E-state index contributed by atoms with van der Waals surface area (Å²) in [6, 6.07) is 5.52. The van der Waals surface area contributed by atoms with Crippen LogP contribution in [0.25, 0.3) is 0 Å². The zero-order valence-electron chi connectivity index (χ0n) is 14.3. The summed E-state index contributed by atoms with van der Waals surface area (Å²) in [5.41, 5.74) is 1.17. The second kappa shape index (κ2) is 6.32. The number of likely N-dealkylation sites (tertiary alicyclic amines) is 1. The van der Waals surface area contributed by atoms with E-state index in [-0.39, 0.29) is 11.9 Å². The summed E-state index contributed by atoms with van der Waals surface area (Å²) >= 11 is 0. The van der Waals surface area contributed by atoms with E-state index < -0.39 is 5.41 Å². The maximum atomic E-state index is 12.9. The minimum absolute atomic E-state index is 0.0398. The number of carbonyl (C=O) groups is 2. The number of fused-ring (bicyclic) bond motifs is 2. The molecule has 1 spiro atoms. The molecule has 0 aromatic heterocycles. The zero-order chi connectivity index (χ0) is 17.3. The highest BCUT2D eigenvalue weighted by Gasteiger charge is 2.54. The fraction of sp³-hybridized carbons (Fsp3) is 0.529. The Morgan fingerprint density at radius 1 is 1.38 bits per heavy atom. The Labute approximate surface area is 141 Å². The minimum atomic E-state index is -0.669. The molecule has 2 aliphatic heterocycles. The molecule has 1 saturated heterocycles. The van der Waals surface area contributed by atoms with E-state index >= 15 is 0 Å². The van der Waals surface area contributed by atoms with Crippen LogP contribution in [-0.4, -0.2) is 64.3 Å². The summed E-state index contributed by atoms with van der Waals surface area (Å²) < 4.78 is 10.3. The predicted molar refractivity (Wildman–Crippen MR) is 89.5 cm³/mol. The molecule has 2 aliphatic rings. The first-order valence-corrected chi connectivity index (χ1v) is 8.02. The molecule has 1 atom stereocenters. The van der Waals surface area contributed by atoms with Gasteiger partial charge in [-0.2, -0.15) is 0 Å². The molecule has 0 radical (unpaired) electrons. The highest BCUT2D eigenvalue weighted by Crippen LogP contribution is 2.47. The Kier molecular flexibility index (Phi) is 4.36. The van der Waals surface area contributed by atoms with Gasteiger partial charge in [-0.25, -0.2) is 4.79 Å². The lowest BCUT2D eigenvalue weighted by Gasteiger charge is -2.23. The second-order valence-corrected chi connectivity index (χ2v) is 6.23. The standard InChI is InChI=1S/C17H23N3O4/c1-19-14-5-4-12(24-3)10-13(14)17(15(19)21)6-8-20(11-17)16(22)18-7-9-23-2/h4-5,10H,6-9,11H2,1-3H3,(H,18,22). The van der Waals surface area contributed by atoms with E-state index in [4.69, 9.17) is 9.47 Å². The molecule has 24 heavy (non-hydrogen) atoms. The Hall–Kier alpha value is -2.28. The van der Waals surface area contributed by atoms with Gasteiger partial charge in [0.05, 0.1) is 19.1 Å². The molecule has 3 rings (SSSR count). The number of carbonyl (C=O) groups excluding carboxylic acids is 2. The Bertz CT molecular complexity index is 663. The SMILES string of the molecule is COCCNC(=O)N1CCC2(C1)C(=O)N(C)c1ccc(OC)cc12. The van der Waals surface area contributed by atoms with Gasteiger partial charge in [0, 0.05) is 39.5 Å². The van der Waals surface area contributed by atoms with Gasteiger partial charge in [-0.15, -0.1) is 0 Å². The number of anilines is 1. The van der Waals surface area contributed by atoms with Crippen molar-refractivity contribution >= 4 is 17.6 Å². The number of benzene rings is 1. The summed E-state index contributed by atoms with van der Waals surface area (Å²) in [6.45, 7) is 1.85. The molecule has 1 unspecified atom stereocenters. The number of amides is 3. The van der Waals surface area contributed by atoms with Crippen LogP contribution in [0.1, 0.15) is 12.0 Å². The highest BCUT2D eigenvalue weighted by atomic mass is 16.5. The number of likely N-dealkylation sites (N-methyl/N-ethyl adjacent to an activating group) is 1. The molecular formula is C17H23N3O4. The van der Waals surface area contributed by atoms with Crippen molar-refractivity contribution in [2.24, 2.45) is 0 Å².